The van der Waals surface area contributed by atoms with Crippen LogP contribution in [0.15, 0.2) is 113 Å². The van der Waals surface area contributed by atoms with Gasteiger partial charge >= 0.3 is 0 Å². The Morgan fingerprint density at radius 2 is 1.60 bits per heavy atom. The van der Waals surface area contributed by atoms with Gasteiger partial charge in [0.15, 0.2) is 23.6 Å². The van der Waals surface area contributed by atoms with E-state index in [2.05, 4.69) is 91.1 Å². The Bertz CT molecular complexity index is 3730. The number of methoxy groups -OCH3 is 1. The molecule has 0 saturated carbocycles. The summed E-state index contributed by atoms with van der Waals surface area (Å²) in [5.74, 6) is -4.65. The number of nitrogens with one attached hydrogen (secondary N) is 1. The SMILES string of the molecule is COc1cccc2c1C(=O)c1c(O)c3c(c(O)c1C2=O)C[C@@](O)(C(=O)CO)C[C@@H]3O[C@H]1C[C@H](NC(=O)CCCCCN2/C(=C/C=C3\CCCC(/C=C/C4=[N+](CCCCS(=O)(=O)O)c5ccccc5C4(C)C)=C3Cl)C(C)(C)c3ccccc32)[C@@H](O)[C@H](C)O1. The van der Waals surface area contributed by atoms with Crippen LogP contribution in [0.2, 0.25) is 0 Å². The molecule has 3 heterocycles. The number of allylic oxidation sites excluding steroid dienone is 8. The molecule has 18 nitrogen and oxygen atoms in total. The number of ketones is 3. The van der Waals surface area contributed by atoms with Crippen molar-refractivity contribution in [2.75, 3.05) is 37.5 Å². The van der Waals surface area contributed by atoms with E-state index in [0.29, 0.717) is 38.8 Å². The maximum absolute atomic E-state index is 14.2. The van der Waals surface area contributed by atoms with E-state index in [1.807, 2.05) is 24.3 Å². The number of aromatic hydroxyl groups is 2. The summed E-state index contributed by atoms with van der Waals surface area (Å²) in [5, 5.41) is 60.5. The van der Waals surface area contributed by atoms with Gasteiger partial charge < -0.3 is 50.0 Å². The molecule has 1 fully saturated rings. The Hall–Kier alpha value is -6.81. The van der Waals surface area contributed by atoms with Gasteiger partial charge in [0, 0.05) is 94.9 Å². The number of hydrogen-bond donors (Lipinski definition) is 7. The van der Waals surface area contributed by atoms with Crippen molar-refractivity contribution in [3.8, 4) is 17.2 Å². The average molecular weight is 1230 g/mol. The number of unbranched alkanes of at least 4 members (excludes halogenated alkanes) is 3. The lowest BCUT2D eigenvalue weighted by atomic mass is 9.72. The molecule has 20 heteroatoms. The normalized spacial score (nSPS) is 24.8. The minimum atomic E-state index is -4.05. The Labute approximate surface area is 512 Å². The predicted octanol–water partition coefficient (Wildman–Crippen LogP) is 9.30. The summed E-state index contributed by atoms with van der Waals surface area (Å²) in [6, 6.07) is 20.1. The van der Waals surface area contributed by atoms with Crippen molar-refractivity contribution in [3.63, 3.8) is 0 Å². The third-order valence-corrected chi connectivity index (χ3v) is 19.7. The number of fused-ring (bicyclic) bond motifs is 5. The molecular weight excluding hydrogens is 1150 g/mol. The zero-order valence-corrected chi connectivity index (χ0v) is 51.5. The van der Waals surface area contributed by atoms with Crippen LogP contribution in [0.1, 0.15) is 165 Å². The molecule has 7 N–H and O–H groups in total. The van der Waals surface area contributed by atoms with Gasteiger partial charge in [0.1, 0.15) is 42.1 Å². The summed E-state index contributed by atoms with van der Waals surface area (Å²) in [5.41, 5.74) is 4.16. The van der Waals surface area contributed by atoms with E-state index >= 15 is 0 Å². The Morgan fingerprint density at radius 1 is 0.874 bits per heavy atom. The fraction of sp³-hybridized carbons (Fsp3) is 0.448. The van der Waals surface area contributed by atoms with E-state index < -0.39 is 106 Å². The number of carbonyl (C=O) groups is 4. The highest BCUT2D eigenvalue weighted by Crippen LogP contribution is 2.53. The summed E-state index contributed by atoms with van der Waals surface area (Å²) >= 11 is 7.31. The number of nitrogens with zero attached hydrogens (tertiary/aromatic N) is 2. The van der Waals surface area contributed by atoms with Gasteiger partial charge in [-0.1, -0.05) is 92.6 Å². The van der Waals surface area contributed by atoms with Crippen molar-refractivity contribution in [1.82, 2.24) is 5.32 Å². The van der Waals surface area contributed by atoms with Crippen LogP contribution in [0, 0.1) is 0 Å². The highest BCUT2D eigenvalue weighted by Gasteiger charge is 2.51. The number of rotatable bonds is 20. The zero-order chi connectivity index (χ0) is 62.5. The number of halogens is 1. The van der Waals surface area contributed by atoms with Gasteiger partial charge in [-0.2, -0.15) is 13.0 Å². The van der Waals surface area contributed by atoms with Gasteiger partial charge in [-0.25, -0.2) is 0 Å². The number of carbonyl (C=O) groups excluding carboxylic acids is 4. The van der Waals surface area contributed by atoms with Crippen LogP contribution in [-0.2, 0) is 46.4 Å². The molecule has 1 amide bonds. The Morgan fingerprint density at radius 3 is 2.33 bits per heavy atom. The van der Waals surface area contributed by atoms with Crippen molar-refractivity contribution in [2.45, 2.75) is 159 Å². The Kier molecular flexibility index (Phi) is 18.2. The third-order valence-electron chi connectivity index (χ3n) is 18.4. The van der Waals surface area contributed by atoms with Crippen molar-refractivity contribution in [2.24, 2.45) is 0 Å². The van der Waals surface area contributed by atoms with E-state index in [4.69, 9.17) is 25.8 Å². The first-order chi connectivity index (χ1) is 41.3. The second-order valence-electron chi connectivity index (χ2n) is 24.7. The molecule has 462 valence electrons. The van der Waals surface area contributed by atoms with E-state index in [9.17, 15) is 57.7 Å². The van der Waals surface area contributed by atoms with Crippen molar-refractivity contribution in [1.29, 1.82) is 0 Å². The second-order valence-corrected chi connectivity index (χ2v) is 26.7. The van der Waals surface area contributed by atoms with Crippen LogP contribution in [0.4, 0.5) is 11.4 Å². The molecule has 10 rings (SSSR count). The molecule has 0 radical (unpaired) electrons. The molecule has 3 aliphatic heterocycles. The number of phenolic OH excluding ortho intramolecular Hbond substituents is 2. The first-order valence-corrected chi connectivity index (χ1v) is 31.9. The molecule has 4 aromatic carbocycles. The number of amides is 1. The molecule has 6 atom stereocenters. The number of hydrogen-bond acceptors (Lipinski definition) is 15. The Balaban J connectivity index is 0.804. The number of aliphatic hydroxyl groups is 3. The van der Waals surface area contributed by atoms with Crippen LogP contribution >= 0.6 is 11.6 Å². The average Bonchev–Trinajstić information content (AvgIpc) is 1.62. The molecule has 0 unspecified atom stereocenters. The van der Waals surface area contributed by atoms with Gasteiger partial charge in [0.05, 0.1) is 53.2 Å². The summed E-state index contributed by atoms with van der Waals surface area (Å²) in [6.07, 6.45) is 8.08. The summed E-state index contributed by atoms with van der Waals surface area (Å²) in [6.45, 7) is 10.6. The monoisotopic (exact) mass is 1230 g/mol. The first kappa shape index (κ1) is 63.2. The number of phenols is 2. The third kappa shape index (κ3) is 12.1. The van der Waals surface area contributed by atoms with E-state index in [-0.39, 0.29) is 63.3 Å². The molecular formula is C67H77ClN3O15S+. The summed E-state index contributed by atoms with van der Waals surface area (Å²) < 4.78 is 52.4. The fourth-order valence-corrected chi connectivity index (χ4v) is 14.6. The number of Topliss-reactive ketones (excluding diaryl/α,β-unsaturated/α-hetero) is 1. The van der Waals surface area contributed by atoms with E-state index in [1.165, 1.54) is 36.4 Å². The zero-order valence-electron chi connectivity index (χ0n) is 49.9. The van der Waals surface area contributed by atoms with Crippen LogP contribution in [0.25, 0.3) is 0 Å². The van der Waals surface area contributed by atoms with Crippen molar-refractivity contribution in [3.05, 3.63) is 157 Å². The molecule has 4 aromatic rings. The maximum atomic E-state index is 14.2. The molecule has 6 aliphatic rings. The van der Waals surface area contributed by atoms with E-state index in [1.54, 1.807) is 6.92 Å². The first-order valence-electron chi connectivity index (χ1n) is 29.9. The number of anilines is 1. The van der Waals surface area contributed by atoms with Gasteiger partial charge in [-0.15, -0.1) is 0 Å². The lowest BCUT2D eigenvalue weighted by molar-refractivity contribution is -0.438. The number of benzene rings is 4. The molecule has 0 spiro atoms. The quantitative estimate of drug-likeness (QED) is 0.0166. The highest BCUT2D eigenvalue weighted by molar-refractivity contribution is 7.85. The van der Waals surface area contributed by atoms with E-state index in [0.717, 1.165) is 64.6 Å². The lowest BCUT2D eigenvalue weighted by Gasteiger charge is -2.43. The minimum Gasteiger partial charge on any atom is -0.507 e. The van der Waals surface area contributed by atoms with Crippen LogP contribution in [-0.4, -0.2) is 135 Å². The van der Waals surface area contributed by atoms with Crippen LogP contribution in [0.3, 0.4) is 0 Å². The van der Waals surface area contributed by atoms with Crippen LogP contribution in [0.5, 0.6) is 17.2 Å². The summed E-state index contributed by atoms with van der Waals surface area (Å²) in [7, 11) is -2.74. The molecule has 87 heavy (non-hydrogen) atoms. The smallest absolute Gasteiger partial charge is 0.264 e. The van der Waals surface area contributed by atoms with Gasteiger partial charge in [-0.05, 0) is 94.2 Å². The maximum Gasteiger partial charge on any atom is 0.264 e. The lowest BCUT2D eigenvalue weighted by Crippen LogP contribution is -2.55. The van der Waals surface area contributed by atoms with Crippen LogP contribution < -0.4 is 15.0 Å². The largest absolute Gasteiger partial charge is 0.507 e. The van der Waals surface area contributed by atoms with Gasteiger partial charge in [0.2, 0.25) is 17.4 Å². The van der Waals surface area contributed by atoms with Gasteiger partial charge in [0.25, 0.3) is 10.1 Å². The second kappa shape index (κ2) is 25.0. The molecule has 1 saturated heterocycles. The number of ether oxygens (including phenoxy) is 3. The highest BCUT2D eigenvalue weighted by atomic mass is 35.5. The fourth-order valence-electron chi connectivity index (χ4n) is 13.8. The van der Waals surface area contributed by atoms with Crippen molar-refractivity contribution >= 4 is 62.1 Å². The summed E-state index contributed by atoms with van der Waals surface area (Å²) in [4.78, 5) is 57.4. The predicted molar refractivity (Wildman–Crippen MR) is 328 cm³/mol. The topological polar surface area (TPSA) is 270 Å². The number of para-hydroxylation sites is 2. The molecule has 0 bridgehead atoms. The molecule has 3 aliphatic carbocycles. The van der Waals surface area contributed by atoms with Gasteiger partial charge in [-0.3, -0.25) is 23.7 Å². The van der Waals surface area contributed by atoms with Crippen molar-refractivity contribution < 1.29 is 76.5 Å². The molecule has 0 aromatic heterocycles. The number of aliphatic hydroxyl groups excluding tert-OH is 2. The minimum absolute atomic E-state index is 0.0621. The standard InChI is InChI=1S/C67H76ClN3O15S/c1-38-60(75)45(34-54(85-38)86-49-36-67(80,52(73)37-72)35-42-56(49)64(79)58-57(62(42)77)61(76)41-20-17-25-48(84-6)55(41)63(58)78)69-53(74)26-8-7-13-31-70-46-23-11-9-21-43(46)65(2,3)50(70)29-27-39-18-16-19-40(59(39)68)28-30-51-66(4,5)44-22-10-12-24-47(44)71(51)32-14-15-33-87(81,82)83/h9-12,17,20-25,27-30,38,45,49,54,60,72,75,80H,7-8,13-16,18-19,26,31-37H2,1-6H3,(H3-,69,74,76,77,78,79,81,82,83)/p+1/t38-,45-,49-,54-,60-,67-/m0/s1.